The highest BCUT2D eigenvalue weighted by Gasteiger charge is 2.32. The molecular formula is C22H23FN4O2. The van der Waals surface area contributed by atoms with Crippen LogP contribution in [0.3, 0.4) is 0 Å². The van der Waals surface area contributed by atoms with E-state index in [0.29, 0.717) is 17.8 Å². The molecule has 1 saturated heterocycles. The van der Waals surface area contributed by atoms with Crippen molar-refractivity contribution in [2.24, 2.45) is 12.8 Å². The first-order chi connectivity index (χ1) is 14.0. The highest BCUT2D eigenvalue weighted by atomic mass is 19.1. The van der Waals surface area contributed by atoms with Gasteiger partial charge in [0.25, 0.3) is 0 Å². The Morgan fingerprint density at radius 3 is 2.38 bits per heavy atom. The van der Waals surface area contributed by atoms with Gasteiger partial charge in [-0.3, -0.25) is 4.98 Å². The zero-order valence-electron chi connectivity index (χ0n) is 16.4. The van der Waals surface area contributed by atoms with Gasteiger partial charge in [0.1, 0.15) is 17.3 Å². The lowest BCUT2D eigenvalue weighted by Gasteiger charge is -2.21. The van der Waals surface area contributed by atoms with Crippen molar-refractivity contribution in [1.82, 2.24) is 9.55 Å². The summed E-state index contributed by atoms with van der Waals surface area (Å²) in [7, 11) is 3.21. The lowest BCUT2D eigenvalue weighted by molar-refractivity contribution is 0.0591. The summed E-state index contributed by atoms with van der Waals surface area (Å²) in [4.78, 5) is 19.1. The van der Waals surface area contributed by atoms with E-state index in [-0.39, 0.29) is 11.9 Å². The van der Waals surface area contributed by atoms with Crippen LogP contribution in [0.1, 0.15) is 16.9 Å². The summed E-state index contributed by atoms with van der Waals surface area (Å²) in [5.74, 6) is 0.112. The van der Waals surface area contributed by atoms with E-state index >= 15 is 0 Å². The third kappa shape index (κ3) is 3.38. The second-order valence-electron chi connectivity index (χ2n) is 7.21. The largest absolute Gasteiger partial charge is 0.464 e. The summed E-state index contributed by atoms with van der Waals surface area (Å²) in [5.41, 5.74) is 9.84. The summed E-state index contributed by atoms with van der Waals surface area (Å²) in [6.45, 7) is 1.49. The Bertz CT molecular complexity index is 1030. The monoisotopic (exact) mass is 394 g/mol. The molecule has 0 aliphatic carbocycles. The number of methoxy groups -OCH3 is 1. The van der Waals surface area contributed by atoms with Crippen LogP contribution in [0.15, 0.2) is 48.8 Å². The molecule has 1 aliphatic rings. The molecule has 1 aliphatic heterocycles. The normalized spacial score (nSPS) is 16.3. The van der Waals surface area contributed by atoms with Gasteiger partial charge >= 0.3 is 5.97 Å². The Kier molecular flexibility index (Phi) is 5.07. The molecule has 2 N–H and O–H groups in total. The summed E-state index contributed by atoms with van der Waals surface area (Å²) in [6.07, 6.45) is 4.31. The van der Waals surface area contributed by atoms with Crippen molar-refractivity contribution in [2.45, 2.75) is 12.5 Å². The van der Waals surface area contributed by atoms with E-state index in [2.05, 4.69) is 9.88 Å². The summed E-state index contributed by atoms with van der Waals surface area (Å²) in [6, 6.07) is 10.0. The minimum absolute atomic E-state index is 0.0750. The lowest BCUT2D eigenvalue weighted by atomic mass is 9.96. The van der Waals surface area contributed by atoms with Crippen LogP contribution >= 0.6 is 0 Å². The van der Waals surface area contributed by atoms with E-state index in [1.54, 1.807) is 24.5 Å². The first-order valence-electron chi connectivity index (χ1n) is 9.49. The number of aromatic nitrogens is 2. The minimum atomic E-state index is -0.447. The number of esters is 1. The van der Waals surface area contributed by atoms with Crippen molar-refractivity contribution in [1.29, 1.82) is 0 Å². The number of carbonyl (C=O) groups is 1. The molecular weight excluding hydrogens is 371 g/mol. The van der Waals surface area contributed by atoms with Crippen molar-refractivity contribution in [3.63, 3.8) is 0 Å². The average molecular weight is 394 g/mol. The highest BCUT2D eigenvalue weighted by molar-refractivity contribution is 6.05. The van der Waals surface area contributed by atoms with Crippen molar-refractivity contribution in [3.8, 4) is 22.3 Å². The van der Waals surface area contributed by atoms with Crippen LogP contribution in [0.25, 0.3) is 22.3 Å². The van der Waals surface area contributed by atoms with Gasteiger partial charge < -0.3 is 19.9 Å². The van der Waals surface area contributed by atoms with Crippen LogP contribution in [-0.2, 0) is 11.8 Å². The molecule has 0 radical (unpaired) electrons. The topological polar surface area (TPSA) is 73.4 Å². The third-order valence-electron chi connectivity index (χ3n) is 5.37. The zero-order valence-corrected chi connectivity index (χ0v) is 16.4. The molecule has 1 fully saturated rings. The predicted molar refractivity (Wildman–Crippen MR) is 110 cm³/mol. The number of halogens is 1. The van der Waals surface area contributed by atoms with Crippen molar-refractivity contribution in [3.05, 3.63) is 60.3 Å². The average Bonchev–Trinajstić information content (AvgIpc) is 3.29. The van der Waals surface area contributed by atoms with Crippen LogP contribution in [0.4, 0.5) is 10.2 Å². The maximum Gasteiger partial charge on any atom is 0.355 e. The standard InChI is InChI=1S/C22H23FN4O2/c1-26-20(22(28)29-2)18(14-3-5-16(23)6-4-14)19(15-7-10-25-11-8-15)21(26)27-12-9-17(24)13-27/h3-8,10-11,17H,9,12-13,24H2,1-2H3. The highest BCUT2D eigenvalue weighted by Crippen LogP contribution is 2.45. The van der Waals surface area contributed by atoms with Gasteiger partial charge in [0.2, 0.25) is 0 Å². The fourth-order valence-electron chi connectivity index (χ4n) is 4.05. The summed E-state index contributed by atoms with van der Waals surface area (Å²) >= 11 is 0. The Morgan fingerprint density at radius 1 is 1.14 bits per heavy atom. The number of nitrogens with two attached hydrogens (primary N) is 1. The van der Waals surface area contributed by atoms with E-state index in [1.807, 2.05) is 23.7 Å². The fraction of sp³-hybridized carbons (Fsp3) is 0.273. The number of hydrogen-bond donors (Lipinski definition) is 1. The number of rotatable bonds is 4. The molecule has 6 nitrogen and oxygen atoms in total. The summed E-state index contributed by atoms with van der Waals surface area (Å²) in [5, 5.41) is 0. The molecule has 0 bridgehead atoms. The van der Waals surface area contributed by atoms with Crippen LogP contribution in [-0.4, -0.2) is 41.8 Å². The Hall–Kier alpha value is -3.19. The molecule has 1 atom stereocenters. The lowest BCUT2D eigenvalue weighted by Crippen LogP contribution is -2.28. The van der Waals surface area contributed by atoms with Crippen LogP contribution in [0.5, 0.6) is 0 Å². The number of nitrogens with zero attached hydrogens (tertiary/aromatic N) is 3. The van der Waals surface area contributed by atoms with Gasteiger partial charge in [0.05, 0.1) is 7.11 Å². The molecule has 0 saturated carbocycles. The molecule has 1 aromatic carbocycles. The maximum atomic E-state index is 13.6. The van der Waals surface area contributed by atoms with Gasteiger partial charge in [0.15, 0.2) is 0 Å². The van der Waals surface area contributed by atoms with Crippen LogP contribution < -0.4 is 10.6 Å². The van der Waals surface area contributed by atoms with Crippen LogP contribution in [0.2, 0.25) is 0 Å². The van der Waals surface area contributed by atoms with E-state index < -0.39 is 5.97 Å². The SMILES string of the molecule is COC(=O)c1c(-c2ccc(F)cc2)c(-c2ccncc2)c(N2CCC(N)C2)n1C. The fourth-order valence-corrected chi connectivity index (χ4v) is 4.05. The minimum Gasteiger partial charge on any atom is -0.464 e. The van der Waals surface area contributed by atoms with Gasteiger partial charge in [-0.25, -0.2) is 9.18 Å². The predicted octanol–water partition coefficient (Wildman–Crippen LogP) is 3.22. The first kappa shape index (κ1) is 19.1. The van der Waals surface area contributed by atoms with E-state index in [4.69, 9.17) is 10.5 Å². The van der Waals surface area contributed by atoms with Gasteiger partial charge in [-0.2, -0.15) is 0 Å². The van der Waals surface area contributed by atoms with Gasteiger partial charge in [0, 0.05) is 49.7 Å². The van der Waals surface area contributed by atoms with Gasteiger partial charge in [-0.1, -0.05) is 12.1 Å². The number of hydrogen-bond acceptors (Lipinski definition) is 5. The van der Waals surface area contributed by atoms with Crippen molar-refractivity contribution < 1.29 is 13.9 Å². The molecule has 4 rings (SSSR count). The summed E-state index contributed by atoms with van der Waals surface area (Å²) < 4.78 is 20.6. The van der Waals surface area contributed by atoms with Crippen LogP contribution in [0, 0.1) is 5.82 Å². The van der Waals surface area contributed by atoms with Crippen molar-refractivity contribution in [2.75, 3.05) is 25.1 Å². The van der Waals surface area contributed by atoms with Crippen molar-refractivity contribution >= 4 is 11.8 Å². The molecule has 1 unspecified atom stereocenters. The third-order valence-corrected chi connectivity index (χ3v) is 5.37. The van der Waals surface area contributed by atoms with E-state index in [1.165, 1.54) is 19.2 Å². The first-order valence-corrected chi connectivity index (χ1v) is 9.49. The molecule has 150 valence electrons. The number of carbonyl (C=O) groups excluding carboxylic acids is 1. The second kappa shape index (κ2) is 7.67. The Labute approximate surface area is 168 Å². The number of benzene rings is 1. The molecule has 29 heavy (non-hydrogen) atoms. The zero-order chi connectivity index (χ0) is 20.5. The maximum absolute atomic E-state index is 13.6. The molecule has 7 heteroatoms. The van der Waals surface area contributed by atoms with E-state index in [9.17, 15) is 9.18 Å². The van der Waals surface area contributed by atoms with Gasteiger partial charge in [-0.05, 0) is 41.8 Å². The molecule has 2 aromatic heterocycles. The van der Waals surface area contributed by atoms with Gasteiger partial charge in [-0.15, -0.1) is 0 Å². The molecule has 3 aromatic rings. The molecule has 3 heterocycles. The Morgan fingerprint density at radius 2 is 1.79 bits per heavy atom. The number of ether oxygens (including phenoxy) is 1. The quantitative estimate of drug-likeness (QED) is 0.688. The Balaban J connectivity index is 2.06. The smallest absolute Gasteiger partial charge is 0.355 e. The number of pyridine rings is 1. The molecule has 0 spiro atoms. The second-order valence-corrected chi connectivity index (χ2v) is 7.21. The number of anilines is 1. The molecule has 0 amide bonds. The van der Waals surface area contributed by atoms with E-state index in [0.717, 1.165) is 35.5 Å².